The molecule has 0 aromatic carbocycles. The van der Waals surface area contributed by atoms with Gasteiger partial charge in [-0.15, -0.1) is 0 Å². The van der Waals surface area contributed by atoms with Gasteiger partial charge < -0.3 is 14.3 Å². The maximum Gasteiger partial charge on any atom is 0.239 e. The van der Waals surface area contributed by atoms with Crippen LogP contribution in [0.5, 0.6) is 0 Å². The molecule has 0 radical (unpaired) electrons. The zero-order valence-corrected chi connectivity index (χ0v) is 16.4. The number of hydrogen-bond donors (Lipinski definition) is 0. The first kappa shape index (κ1) is 18.5. The van der Waals surface area contributed by atoms with Gasteiger partial charge in [0.05, 0.1) is 18.2 Å². The molecule has 7 nitrogen and oxygen atoms in total. The van der Waals surface area contributed by atoms with Gasteiger partial charge in [0.25, 0.3) is 0 Å². The van der Waals surface area contributed by atoms with Crippen LogP contribution < -0.4 is 0 Å². The number of nitrogens with zero attached hydrogens (tertiary/aromatic N) is 4. The van der Waals surface area contributed by atoms with E-state index in [9.17, 15) is 9.59 Å². The number of amides is 2. The molecule has 4 rings (SSSR count). The molecule has 1 unspecified atom stereocenters. The molecule has 7 heteroatoms. The first-order chi connectivity index (χ1) is 13.0. The second-order valence-corrected chi connectivity index (χ2v) is 8.66. The quantitative estimate of drug-likeness (QED) is 0.801. The number of aromatic nitrogens is 1. The molecular formula is C20H30N4O3. The van der Waals surface area contributed by atoms with Gasteiger partial charge in [0, 0.05) is 38.8 Å². The Kier molecular flexibility index (Phi) is 4.97. The molecule has 1 atom stereocenters. The summed E-state index contributed by atoms with van der Waals surface area (Å²) in [6, 6.07) is 1.84. The molecule has 27 heavy (non-hydrogen) atoms. The number of likely N-dealkylation sites (tertiary alicyclic amines) is 3. The van der Waals surface area contributed by atoms with Crippen molar-refractivity contribution in [3.63, 3.8) is 0 Å². The van der Waals surface area contributed by atoms with Crippen LogP contribution in [0.3, 0.4) is 0 Å². The minimum Gasteiger partial charge on any atom is -0.361 e. The molecule has 1 spiro atoms. The van der Waals surface area contributed by atoms with E-state index in [0.717, 1.165) is 70.5 Å². The fourth-order valence-electron chi connectivity index (χ4n) is 5.05. The van der Waals surface area contributed by atoms with E-state index in [1.807, 2.05) is 22.8 Å². The third-order valence-corrected chi connectivity index (χ3v) is 6.63. The Morgan fingerprint density at radius 3 is 2.52 bits per heavy atom. The SMILES string of the molecule is Cc1cc(CC(=O)N2CCC3(CC2)CC(C(=O)N2CCCC2)N(C)C3)on1. The maximum absolute atomic E-state index is 12.9. The lowest BCUT2D eigenvalue weighted by Gasteiger charge is -2.39. The zero-order valence-electron chi connectivity index (χ0n) is 16.4. The monoisotopic (exact) mass is 374 g/mol. The van der Waals surface area contributed by atoms with Gasteiger partial charge in [-0.3, -0.25) is 14.5 Å². The Morgan fingerprint density at radius 1 is 1.19 bits per heavy atom. The molecule has 3 aliphatic heterocycles. The van der Waals surface area contributed by atoms with E-state index in [1.165, 1.54) is 0 Å². The lowest BCUT2D eigenvalue weighted by molar-refractivity contribution is -0.135. The van der Waals surface area contributed by atoms with Crippen molar-refractivity contribution >= 4 is 11.8 Å². The van der Waals surface area contributed by atoms with E-state index in [2.05, 4.69) is 17.1 Å². The number of piperidine rings is 1. The average molecular weight is 374 g/mol. The van der Waals surface area contributed by atoms with Gasteiger partial charge in [-0.2, -0.15) is 0 Å². The number of carbonyl (C=O) groups excluding carboxylic acids is 2. The van der Waals surface area contributed by atoms with Crippen molar-refractivity contribution in [1.82, 2.24) is 19.9 Å². The summed E-state index contributed by atoms with van der Waals surface area (Å²) < 4.78 is 5.18. The summed E-state index contributed by atoms with van der Waals surface area (Å²) in [5, 5.41) is 3.85. The van der Waals surface area contributed by atoms with Crippen LogP contribution in [-0.4, -0.2) is 77.5 Å². The van der Waals surface area contributed by atoms with Crippen molar-refractivity contribution in [2.24, 2.45) is 5.41 Å². The second kappa shape index (κ2) is 7.26. The molecule has 3 fully saturated rings. The summed E-state index contributed by atoms with van der Waals surface area (Å²) in [6.45, 7) is 6.19. The van der Waals surface area contributed by atoms with Crippen LogP contribution in [0.25, 0.3) is 0 Å². The van der Waals surface area contributed by atoms with Gasteiger partial charge in [-0.05, 0) is 51.5 Å². The minimum absolute atomic E-state index is 0.0162. The van der Waals surface area contributed by atoms with Gasteiger partial charge in [0.1, 0.15) is 5.76 Å². The molecule has 0 aliphatic carbocycles. The topological polar surface area (TPSA) is 69.9 Å². The summed E-state index contributed by atoms with van der Waals surface area (Å²) in [4.78, 5) is 31.7. The summed E-state index contributed by atoms with van der Waals surface area (Å²) in [5.41, 5.74) is 0.979. The predicted octanol–water partition coefficient (Wildman–Crippen LogP) is 1.46. The molecule has 1 aromatic rings. The van der Waals surface area contributed by atoms with Crippen molar-refractivity contribution in [3.05, 3.63) is 17.5 Å². The van der Waals surface area contributed by atoms with E-state index >= 15 is 0 Å². The average Bonchev–Trinajstić information content (AvgIpc) is 3.37. The third kappa shape index (κ3) is 3.74. The lowest BCUT2D eigenvalue weighted by atomic mass is 9.76. The van der Waals surface area contributed by atoms with Crippen molar-refractivity contribution in [3.8, 4) is 0 Å². The van der Waals surface area contributed by atoms with Crippen LogP contribution in [0.4, 0.5) is 0 Å². The smallest absolute Gasteiger partial charge is 0.239 e. The number of likely N-dealkylation sites (N-methyl/N-ethyl adjacent to an activating group) is 1. The summed E-state index contributed by atoms with van der Waals surface area (Å²) in [7, 11) is 2.08. The number of hydrogen-bond acceptors (Lipinski definition) is 5. The molecule has 148 valence electrons. The number of rotatable bonds is 3. The third-order valence-electron chi connectivity index (χ3n) is 6.63. The Morgan fingerprint density at radius 2 is 1.89 bits per heavy atom. The van der Waals surface area contributed by atoms with Crippen LogP contribution in [0, 0.1) is 12.3 Å². The maximum atomic E-state index is 12.9. The van der Waals surface area contributed by atoms with Gasteiger partial charge in [0.2, 0.25) is 11.8 Å². The normalized spacial score (nSPS) is 25.5. The van der Waals surface area contributed by atoms with Gasteiger partial charge in [0.15, 0.2) is 0 Å². The van der Waals surface area contributed by atoms with Gasteiger partial charge >= 0.3 is 0 Å². The van der Waals surface area contributed by atoms with E-state index < -0.39 is 0 Å². The Hall–Kier alpha value is -1.89. The predicted molar refractivity (Wildman–Crippen MR) is 100 cm³/mol. The summed E-state index contributed by atoms with van der Waals surface area (Å²) in [5.74, 6) is 1.05. The highest BCUT2D eigenvalue weighted by molar-refractivity contribution is 5.82. The summed E-state index contributed by atoms with van der Waals surface area (Å²) >= 11 is 0. The van der Waals surface area contributed by atoms with Crippen LogP contribution in [0.2, 0.25) is 0 Å². The first-order valence-electron chi connectivity index (χ1n) is 10.1. The highest BCUT2D eigenvalue weighted by Crippen LogP contribution is 2.43. The highest BCUT2D eigenvalue weighted by atomic mass is 16.5. The zero-order chi connectivity index (χ0) is 19.0. The van der Waals surface area contributed by atoms with E-state index in [-0.39, 0.29) is 23.8 Å². The van der Waals surface area contributed by atoms with Crippen LogP contribution in [0.1, 0.15) is 43.6 Å². The van der Waals surface area contributed by atoms with Gasteiger partial charge in [-0.1, -0.05) is 5.16 Å². The highest BCUT2D eigenvalue weighted by Gasteiger charge is 2.48. The molecule has 4 heterocycles. The molecule has 3 aliphatic rings. The lowest BCUT2D eigenvalue weighted by Crippen LogP contribution is -2.44. The first-order valence-corrected chi connectivity index (χ1v) is 10.1. The fourth-order valence-corrected chi connectivity index (χ4v) is 5.05. The van der Waals surface area contributed by atoms with Crippen molar-refractivity contribution < 1.29 is 14.1 Å². The molecular weight excluding hydrogens is 344 g/mol. The van der Waals surface area contributed by atoms with Crippen LogP contribution in [-0.2, 0) is 16.0 Å². The molecule has 3 saturated heterocycles. The Balaban J connectivity index is 1.33. The van der Waals surface area contributed by atoms with Crippen LogP contribution in [0.15, 0.2) is 10.6 Å². The minimum atomic E-state index is 0.0162. The van der Waals surface area contributed by atoms with E-state index in [1.54, 1.807) is 0 Å². The molecule has 2 amide bonds. The molecule has 1 aromatic heterocycles. The fraction of sp³-hybridized carbons (Fsp3) is 0.750. The van der Waals surface area contributed by atoms with Crippen molar-refractivity contribution in [2.75, 3.05) is 39.8 Å². The van der Waals surface area contributed by atoms with Crippen molar-refractivity contribution in [2.45, 2.75) is 51.5 Å². The largest absolute Gasteiger partial charge is 0.361 e. The number of aryl methyl sites for hydroxylation is 1. The summed E-state index contributed by atoms with van der Waals surface area (Å²) in [6.07, 6.45) is 5.43. The molecule has 0 bridgehead atoms. The van der Waals surface area contributed by atoms with E-state index in [4.69, 9.17) is 4.52 Å². The second-order valence-electron chi connectivity index (χ2n) is 8.66. The molecule has 0 saturated carbocycles. The number of carbonyl (C=O) groups is 2. The van der Waals surface area contributed by atoms with Gasteiger partial charge in [-0.25, -0.2) is 0 Å². The molecule has 0 N–H and O–H groups in total. The Labute approximate surface area is 160 Å². The van der Waals surface area contributed by atoms with E-state index in [0.29, 0.717) is 11.7 Å². The van der Waals surface area contributed by atoms with Crippen molar-refractivity contribution in [1.29, 1.82) is 0 Å². The van der Waals surface area contributed by atoms with Crippen LogP contribution >= 0.6 is 0 Å². The standard InChI is InChI=1S/C20H30N4O3/c1-15-11-16(27-21-15)12-18(25)23-9-5-20(6-10-23)13-17(22(2)14-20)19(26)24-7-3-4-8-24/h11,17H,3-10,12-14H2,1-2H3. The Bertz CT molecular complexity index is 702.